The molecule has 0 saturated heterocycles. The second kappa shape index (κ2) is 11.4. The Morgan fingerprint density at radius 2 is 1.46 bits per heavy atom. The maximum atomic E-state index is 15.0. The van der Waals surface area contributed by atoms with Crippen LogP contribution in [0.25, 0.3) is 0 Å². The third kappa shape index (κ3) is 6.64. The number of sulfonamides is 2. The summed E-state index contributed by atoms with van der Waals surface area (Å²) in [6.45, 7) is 1.46. The molecule has 37 heavy (non-hydrogen) atoms. The highest BCUT2D eigenvalue weighted by atomic mass is 35.5. The van der Waals surface area contributed by atoms with Crippen molar-refractivity contribution in [2.75, 3.05) is 24.2 Å². The number of hydrogen-bond acceptors (Lipinski definition) is 4. The predicted octanol–water partition coefficient (Wildman–Crippen LogP) is 5.54. The topological polar surface area (TPSA) is 74.8 Å². The Balaban J connectivity index is 2.12. The Hall–Kier alpha value is -2.60. The van der Waals surface area contributed by atoms with Gasteiger partial charge in [0.15, 0.2) is 0 Å². The van der Waals surface area contributed by atoms with E-state index < -0.39 is 49.2 Å². The van der Waals surface area contributed by atoms with Crippen molar-refractivity contribution >= 4 is 37.3 Å². The van der Waals surface area contributed by atoms with E-state index in [9.17, 15) is 30.0 Å². The highest BCUT2D eigenvalue weighted by molar-refractivity contribution is 7.92. The molecule has 1 unspecified atom stereocenters. The summed E-state index contributed by atoms with van der Waals surface area (Å²) in [5.74, 6) is -2.65. The minimum absolute atomic E-state index is 0.102. The lowest BCUT2D eigenvalue weighted by Crippen LogP contribution is -2.35. The fourth-order valence-corrected chi connectivity index (χ4v) is 6.51. The van der Waals surface area contributed by atoms with Crippen LogP contribution in [-0.4, -0.2) is 41.0 Å². The quantitative estimate of drug-likeness (QED) is 0.319. The number of hydrogen-bond donors (Lipinski definition) is 0. The zero-order valence-electron chi connectivity index (χ0n) is 20.3. The zero-order chi connectivity index (χ0) is 27.5. The Bertz CT molecular complexity index is 1480. The molecule has 3 aromatic carbocycles. The first-order valence-electron chi connectivity index (χ1n) is 11.2. The van der Waals surface area contributed by atoms with Crippen molar-refractivity contribution in [3.05, 3.63) is 94.3 Å². The van der Waals surface area contributed by atoms with Crippen LogP contribution >= 0.6 is 11.6 Å². The molecule has 6 nitrogen and oxygen atoms in total. The summed E-state index contributed by atoms with van der Waals surface area (Å²) in [5.41, 5.74) is 0.118. The third-order valence-electron chi connectivity index (χ3n) is 5.83. The summed E-state index contributed by atoms with van der Waals surface area (Å²) in [4.78, 5) is -0.215. The summed E-state index contributed by atoms with van der Waals surface area (Å²) in [7, 11) is -5.18. The molecule has 0 aliphatic heterocycles. The fourth-order valence-electron chi connectivity index (χ4n) is 3.87. The van der Waals surface area contributed by atoms with Crippen LogP contribution in [0.3, 0.4) is 0 Å². The minimum Gasteiger partial charge on any atom is -0.256 e. The molecule has 0 N–H and O–H groups in total. The van der Waals surface area contributed by atoms with Crippen molar-refractivity contribution in [3.8, 4) is 0 Å². The molecule has 3 rings (SSSR count). The molecule has 200 valence electrons. The fraction of sp³-hybridized carbons (Fsp3) is 0.280. The number of nitrogens with zero attached hydrogens (tertiary/aromatic N) is 2. The van der Waals surface area contributed by atoms with Gasteiger partial charge < -0.3 is 0 Å². The standard InChI is InChI=1S/C25H26ClF3N2O4S2/c1-17(23-12-8-20(27)15-18(23)5-4-14-36(32,33)30(2)3)31(25-16-21(28)9-13-24(25)29)37(34,35)22-10-6-19(26)7-11-22/h6-13,15-17H,4-5,14H2,1-3H3. The van der Waals surface area contributed by atoms with E-state index in [4.69, 9.17) is 11.6 Å². The summed E-state index contributed by atoms with van der Waals surface area (Å²) in [6, 6.07) is 10.2. The van der Waals surface area contributed by atoms with Gasteiger partial charge in [-0.15, -0.1) is 0 Å². The van der Waals surface area contributed by atoms with E-state index in [1.54, 1.807) is 0 Å². The molecule has 0 aliphatic carbocycles. The molecule has 0 heterocycles. The third-order valence-corrected chi connectivity index (χ3v) is 9.90. The first-order valence-corrected chi connectivity index (χ1v) is 14.6. The summed E-state index contributed by atoms with van der Waals surface area (Å²) in [6.07, 6.45) is 0.229. The molecule has 12 heteroatoms. The Kier molecular flexibility index (Phi) is 8.94. The van der Waals surface area contributed by atoms with Crippen LogP contribution in [0.15, 0.2) is 65.6 Å². The van der Waals surface area contributed by atoms with Crippen LogP contribution in [-0.2, 0) is 26.5 Å². The Labute approximate surface area is 220 Å². The maximum absolute atomic E-state index is 15.0. The van der Waals surface area contributed by atoms with E-state index in [2.05, 4.69) is 0 Å². The van der Waals surface area contributed by atoms with Crippen LogP contribution < -0.4 is 4.31 Å². The molecule has 0 aliphatic rings. The van der Waals surface area contributed by atoms with Gasteiger partial charge in [-0.05, 0) is 79.4 Å². The van der Waals surface area contributed by atoms with Gasteiger partial charge in [0.05, 0.1) is 22.4 Å². The number of rotatable bonds is 10. The van der Waals surface area contributed by atoms with Gasteiger partial charge in [0.2, 0.25) is 10.0 Å². The van der Waals surface area contributed by atoms with Crippen LogP contribution in [0.1, 0.15) is 30.5 Å². The average molecular weight is 575 g/mol. The molecule has 0 spiro atoms. The Morgan fingerprint density at radius 3 is 2.08 bits per heavy atom. The molecule has 1 atom stereocenters. The molecule has 3 aromatic rings. The summed E-state index contributed by atoms with van der Waals surface area (Å²) < 4.78 is 97.0. The van der Waals surface area contributed by atoms with E-state index >= 15 is 0 Å². The molecule has 0 saturated carbocycles. The predicted molar refractivity (Wildman–Crippen MR) is 138 cm³/mol. The molecule has 0 aromatic heterocycles. The monoisotopic (exact) mass is 574 g/mol. The van der Waals surface area contributed by atoms with Crippen molar-refractivity contribution < 1.29 is 30.0 Å². The highest BCUT2D eigenvalue weighted by Gasteiger charge is 2.33. The lowest BCUT2D eigenvalue weighted by Gasteiger charge is -2.32. The molecule has 0 fully saturated rings. The van der Waals surface area contributed by atoms with Gasteiger partial charge in [-0.3, -0.25) is 4.31 Å². The van der Waals surface area contributed by atoms with Crippen LogP contribution in [0, 0.1) is 17.5 Å². The second-order valence-electron chi connectivity index (χ2n) is 8.57. The number of benzene rings is 3. The van der Waals surface area contributed by atoms with E-state index in [1.807, 2.05) is 0 Å². The van der Waals surface area contributed by atoms with E-state index in [1.165, 1.54) is 57.4 Å². The minimum atomic E-state index is -4.47. The van der Waals surface area contributed by atoms with Crippen molar-refractivity contribution in [2.45, 2.75) is 30.7 Å². The molecule has 0 bridgehead atoms. The first kappa shape index (κ1) is 29.0. The number of halogens is 4. The van der Waals surface area contributed by atoms with E-state index in [0.29, 0.717) is 11.1 Å². The number of anilines is 1. The van der Waals surface area contributed by atoms with Gasteiger partial charge in [0, 0.05) is 25.2 Å². The molecular formula is C25H26ClF3N2O4S2. The van der Waals surface area contributed by atoms with Gasteiger partial charge in [-0.25, -0.2) is 34.3 Å². The maximum Gasteiger partial charge on any atom is 0.264 e. The van der Waals surface area contributed by atoms with Crippen LogP contribution in [0.4, 0.5) is 18.9 Å². The van der Waals surface area contributed by atoms with Gasteiger partial charge in [0.1, 0.15) is 17.5 Å². The molecule has 0 radical (unpaired) electrons. The summed E-state index contributed by atoms with van der Waals surface area (Å²) >= 11 is 5.90. The second-order valence-corrected chi connectivity index (χ2v) is 13.1. The van der Waals surface area contributed by atoms with Gasteiger partial charge in [-0.1, -0.05) is 17.7 Å². The van der Waals surface area contributed by atoms with Gasteiger partial charge >= 0.3 is 0 Å². The van der Waals surface area contributed by atoms with Crippen molar-refractivity contribution in [2.24, 2.45) is 0 Å². The average Bonchev–Trinajstić information content (AvgIpc) is 2.81. The normalized spacial score (nSPS) is 13.1. The van der Waals surface area contributed by atoms with Crippen molar-refractivity contribution in [1.29, 1.82) is 0 Å². The SMILES string of the molecule is CC(c1ccc(F)cc1CCCS(=O)(=O)N(C)C)N(c1cc(F)ccc1F)S(=O)(=O)c1ccc(Cl)cc1. The van der Waals surface area contributed by atoms with Gasteiger partial charge in [0.25, 0.3) is 10.0 Å². The smallest absolute Gasteiger partial charge is 0.256 e. The van der Waals surface area contributed by atoms with Crippen molar-refractivity contribution in [1.82, 2.24) is 4.31 Å². The zero-order valence-corrected chi connectivity index (χ0v) is 22.7. The molecular weight excluding hydrogens is 549 g/mol. The Morgan fingerprint density at radius 1 is 0.865 bits per heavy atom. The largest absolute Gasteiger partial charge is 0.264 e. The van der Waals surface area contributed by atoms with Crippen LogP contribution in [0.2, 0.25) is 5.02 Å². The van der Waals surface area contributed by atoms with E-state index in [-0.39, 0.29) is 28.5 Å². The summed E-state index contributed by atoms with van der Waals surface area (Å²) in [5, 5.41) is 0.281. The lowest BCUT2D eigenvalue weighted by molar-refractivity contribution is 0.518. The molecule has 0 amide bonds. The number of aryl methyl sites for hydroxylation is 1. The van der Waals surface area contributed by atoms with Crippen molar-refractivity contribution in [3.63, 3.8) is 0 Å². The van der Waals surface area contributed by atoms with Crippen LogP contribution in [0.5, 0.6) is 0 Å². The van der Waals surface area contributed by atoms with Gasteiger partial charge in [-0.2, -0.15) is 0 Å². The first-order chi connectivity index (χ1) is 17.2. The highest BCUT2D eigenvalue weighted by Crippen LogP contribution is 2.37. The van der Waals surface area contributed by atoms with E-state index in [0.717, 1.165) is 32.9 Å². The lowest BCUT2D eigenvalue weighted by atomic mass is 9.97.